The van der Waals surface area contributed by atoms with Crippen LogP contribution in [0.1, 0.15) is 47.5 Å². The number of alkyl halides is 3. The molecule has 0 aliphatic carbocycles. The molecule has 0 radical (unpaired) electrons. The van der Waals surface area contributed by atoms with Crippen LogP contribution in [0.3, 0.4) is 0 Å². The molecule has 150 valence electrons. The van der Waals surface area contributed by atoms with Crippen LogP contribution in [0.15, 0.2) is 30.3 Å². The van der Waals surface area contributed by atoms with Gasteiger partial charge in [0.25, 0.3) is 0 Å². The molecule has 0 saturated carbocycles. The summed E-state index contributed by atoms with van der Waals surface area (Å²) in [7, 11) is 0. The molecule has 0 amide bonds. The molecule has 1 aromatic heterocycles. The third-order valence-electron chi connectivity index (χ3n) is 5.90. The molecule has 6 heteroatoms. The lowest BCUT2D eigenvalue weighted by atomic mass is 9.98. The Balaban J connectivity index is 1.42. The number of rotatable bonds is 4. The molecule has 2 aromatic rings. The summed E-state index contributed by atoms with van der Waals surface area (Å²) in [5.74, 6) is 1.35. The van der Waals surface area contributed by atoms with E-state index >= 15 is 0 Å². The van der Waals surface area contributed by atoms with Crippen LogP contribution >= 0.6 is 0 Å². The van der Waals surface area contributed by atoms with E-state index in [2.05, 4.69) is 35.0 Å². The van der Waals surface area contributed by atoms with Crippen molar-refractivity contribution in [2.75, 3.05) is 19.7 Å². The lowest BCUT2D eigenvalue weighted by Gasteiger charge is -2.25. The van der Waals surface area contributed by atoms with Crippen molar-refractivity contribution < 1.29 is 17.9 Å². The number of halogens is 3. The molecule has 4 rings (SSSR count). The smallest absolute Gasteiger partial charge is 0.433 e. The van der Waals surface area contributed by atoms with E-state index in [1.54, 1.807) is 13.0 Å². The average molecular weight is 390 g/mol. The highest BCUT2D eigenvalue weighted by molar-refractivity contribution is 5.41. The van der Waals surface area contributed by atoms with Crippen LogP contribution in [0.4, 0.5) is 13.2 Å². The van der Waals surface area contributed by atoms with E-state index in [0.717, 1.165) is 43.9 Å². The van der Waals surface area contributed by atoms with E-state index in [4.69, 9.17) is 4.74 Å². The van der Waals surface area contributed by atoms with Crippen molar-refractivity contribution in [1.29, 1.82) is 0 Å². The first-order valence-electron chi connectivity index (χ1n) is 9.84. The Bertz CT molecular complexity index is 865. The number of fused-ring (bicyclic) bond motifs is 1. The van der Waals surface area contributed by atoms with Gasteiger partial charge in [-0.3, -0.25) is 4.90 Å². The van der Waals surface area contributed by atoms with E-state index in [1.165, 1.54) is 17.2 Å². The Morgan fingerprint density at radius 3 is 2.86 bits per heavy atom. The Morgan fingerprint density at radius 2 is 2.07 bits per heavy atom. The fraction of sp³-hybridized carbons (Fsp3) is 0.500. The molecule has 28 heavy (non-hydrogen) atoms. The third-order valence-corrected chi connectivity index (χ3v) is 5.90. The summed E-state index contributed by atoms with van der Waals surface area (Å²) in [4.78, 5) is 6.06. The van der Waals surface area contributed by atoms with Gasteiger partial charge in [-0.2, -0.15) is 13.2 Å². The zero-order chi connectivity index (χ0) is 19.9. The van der Waals surface area contributed by atoms with Crippen molar-refractivity contribution in [3.05, 3.63) is 58.4 Å². The normalized spacial score (nSPS) is 20.8. The summed E-state index contributed by atoms with van der Waals surface area (Å²) < 4.78 is 44.8. The average Bonchev–Trinajstić information content (AvgIpc) is 3.28. The molecule has 0 spiro atoms. The summed E-state index contributed by atoms with van der Waals surface area (Å²) in [6.07, 6.45) is -1.77. The van der Waals surface area contributed by atoms with Crippen LogP contribution in [0, 0.1) is 12.8 Å². The second-order valence-corrected chi connectivity index (χ2v) is 8.00. The number of nitrogens with zero attached hydrogens (tertiary/aromatic N) is 2. The maximum Gasteiger partial charge on any atom is 0.433 e. The molecule has 2 aliphatic rings. The number of benzene rings is 1. The quantitative estimate of drug-likeness (QED) is 0.737. The van der Waals surface area contributed by atoms with Crippen LogP contribution in [0.2, 0.25) is 0 Å². The van der Waals surface area contributed by atoms with Crippen molar-refractivity contribution in [2.45, 2.75) is 45.3 Å². The van der Waals surface area contributed by atoms with Gasteiger partial charge < -0.3 is 4.74 Å². The van der Waals surface area contributed by atoms with Crippen molar-refractivity contribution in [2.24, 2.45) is 5.92 Å². The van der Waals surface area contributed by atoms with Crippen LogP contribution in [0.25, 0.3) is 0 Å². The molecule has 1 fully saturated rings. The second-order valence-electron chi connectivity index (χ2n) is 8.00. The largest absolute Gasteiger partial charge is 0.493 e. The van der Waals surface area contributed by atoms with Crippen LogP contribution < -0.4 is 4.74 Å². The number of likely N-dealkylation sites (tertiary alicyclic amines) is 1. The zero-order valence-corrected chi connectivity index (χ0v) is 16.2. The minimum Gasteiger partial charge on any atom is -0.493 e. The van der Waals surface area contributed by atoms with E-state index in [9.17, 15) is 13.2 Å². The number of aryl methyl sites for hydroxylation is 1. The van der Waals surface area contributed by atoms with Crippen LogP contribution in [0.5, 0.6) is 5.75 Å². The number of ether oxygens (including phenoxy) is 1. The number of pyridine rings is 1. The zero-order valence-electron chi connectivity index (χ0n) is 16.2. The summed E-state index contributed by atoms with van der Waals surface area (Å²) in [5, 5.41) is 0. The molecule has 3 nitrogen and oxygen atoms in total. The van der Waals surface area contributed by atoms with Crippen LogP contribution in [-0.2, 0) is 19.0 Å². The Morgan fingerprint density at radius 1 is 1.25 bits per heavy atom. The SMILES string of the molecule is Cc1cc(C[C@H]2CCN(C(C)c3ccc4c(c3)OCC4)C2)cc(C(F)(F)F)n1. The van der Waals surface area contributed by atoms with Crippen molar-refractivity contribution in [3.8, 4) is 5.75 Å². The predicted molar refractivity (Wildman–Crippen MR) is 101 cm³/mol. The van der Waals surface area contributed by atoms with Crippen molar-refractivity contribution in [1.82, 2.24) is 9.88 Å². The van der Waals surface area contributed by atoms with E-state index in [1.807, 2.05) is 0 Å². The lowest BCUT2D eigenvalue weighted by Crippen LogP contribution is -2.25. The fourth-order valence-corrected chi connectivity index (χ4v) is 4.37. The molecule has 1 saturated heterocycles. The summed E-state index contributed by atoms with van der Waals surface area (Å²) in [5.41, 5.74) is 2.87. The van der Waals surface area contributed by atoms with Crippen molar-refractivity contribution in [3.63, 3.8) is 0 Å². The van der Waals surface area contributed by atoms with Gasteiger partial charge in [0.15, 0.2) is 0 Å². The summed E-state index contributed by atoms with van der Waals surface area (Å²) >= 11 is 0. The maximum atomic E-state index is 13.0. The number of aromatic nitrogens is 1. The monoisotopic (exact) mass is 390 g/mol. The Kier molecular flexibility index (Phi) is 5.08. The minimum atomic E-state index is -4.40. The molecular formula is C22H25F3N2O. The lowest BCUT2D eigenvalue weighted by molar-refractivity contribution is -0.141. The third kappa shape index (κ3) is 4.02. The van der Waals surface area contributed by atoms with Crippen LogP contribution in [-0.4, -0.2) is 29.6 Å². The molecule has 0 bridgehead atoms. The van der Waals surface area contributed by atoms with E-state index in [0.29, 0.717) is 18.0 Å². The van der Waals surface area contributed by atoms with Gasteiger partial charge in [0, 0.05) is 24.7 Å². The second kappa shape index (κ2) is 7.39. The molecule has 1 unspecified atom stereocenters. The van der Waals surface area contributed by atoms with Gasteiger partial charge in [0.2, 0.25) is 0 Å². The van der Waals surface area contributed by atoms with Gasteiger partial charge >= 0.3 is 6.18 Å². The molecule has 3 heterocycles. The van der Waals surface area contributed by atoms with Gasteiger partial charge in [0.1, 0.15) is 11.4 Å². The first kappa shape index (κ1) is 19.2. The van der Waals surface area contributed by atoms with Gasteiger partial charge in [-0.1, -0.05) is 12.1 Å². The predicted octanol–water partition coefficient (Wildman–Crippen LogP) is 4.97. The molecule has 2 aliphatic heterocycles. The number of hydrogen-bond donors (Lipinski definition) is 0. The highest BCUT2D eigenvalue weighted by Gasteiger charge is 2.33. The van der Waals surface area contributed by atoms with Crippen molar-refractivity contribution >= 4 is 0 Å². The Labute approximate surface area is 163 Å². The molecular weight excluding hydrogens is 365 g/mol. The highest BCUT2D eigenvalue weighted by atomic mass is 19.4. The standard InChI is InChI=1S/C22H25F3N2O/c1-14-9-17(11-21(26-14)22(23,24)25)10-16-5-7-27(13-16)15(2)19-4-3-18-6-8-28-20(18)12-19/h3-4,9,11-12,15-16H,5-8,10,13H2,1-2H3/t15?,16-/m1/s1. The first-order chi connectivity index (χ1) is 13.3. The Hall–Kier alpha value is -2.08. The van der Waals surface area contributed by atoms with Gasteiger partial charge in [-0.05, 0) is 74.0 Å². The van der Waals surface area contributed by atoms with Gasteiger partial charge in [-0.25, -0.2) is 4.98 Å². The van der Waals surface area contributed by atoms with Gasteiger partial charge in [0.05, 0.1) is 6.61 Å². The number of hydrogen-bond acceptors (Lipinski definition) is 3. The summed E-state index contributed by atoms with van der Waals surface area (Å²) in [6.45, 7) is 6.42. The molecule has 1 aromatic carbocycles. The minimum absolute atomic E-state index is 0.268. The maximum absolute atomic E-state index is 13.0. The van der Waals surface area contributed by atoms with E-state index < -0.39 is 11.9 Å². The van der Waals surface area contributed by atoms with Gasteiger partial charge in [-0.15, -0.1) is 0 Å². The van der Waals surface area contributed by atoms with E-state index in [-0.39, 0.29) is 6.04 Å². The summed E-state index contributed by atoms with van der Waals surface area (Å²) in [6, 6.07) is 9.72. The molecule has 2 atom stereocenters. The fourth-order valence-electron chi connectivity index (χ4n) is 4.37. The highest BCUT2D eigenvalue weighted by Crippen LogP contribution is 2.34. The first-order valence-corrected chi connectivity index (χ1v) is 9.84. The molecule has 0 N–H and O–H groups in total. The topological polar surface area (TPSA) is 25.4 Å².